The Bertz CT molecular complexity index is 283. The molecule has 72 valence electrons. The maximum absolute atomic E-state index is 11.6. The largest absolute Gasteiger partial charge is 0.299 e. The predicted octanol–water partition coefficient (Wildman–Crippen LogP) is 2.00. The van der Waals surface area contributed by atoms with Crippen LogP contribution in [0.2, 0.25) is 0 Å². The van der Waals surface area contributed by atoms with Gasteiger partial charge in [-0.2, -0.15) is 0 Å². The van der Waals surface area contributed by atoms with Crippen molar-refractivity contribution in [3.63, 3.8) is 0 Å². The summed E-state index contributed by atoms with van der Waals surface area (Å²) in [5.41, 5.74) is -0.00764. The van der Waals surface area contributed by atoms with Gasteiger partial charge in [-0.25, -0.2) is 0 Å². The topological polar surface area (TPSA) is 34.1 Å². The van der Waals surface area contributed by atoms with Crippen LogP contribution in [-0.2, 0) is 9.59 Å². The van der Waals surface area contributed by atoms with Crippen molar-refractivity contribution in [2.24, 2.45) is 23.2 Å². The highest BCUT2D eigenvalue weighted by atomic mass is 35.5. The molecule has 0 aromatic heterocycles. The quantitative estimate of drug-likeness (QED) is 0.607. The summed E-state index contributed by atoms with van der Waals surface area (Å²) in [6.45, 7) is 4.15. The van der Waals surface area contributed by atoms with Gasteiger partial charge in [-0.1, -0.05) is 13.8 Å². The van der Waals surface area contributed by atoms with Crippen LogP contribution in [0.25, 0.3) is 0 Å². The fraction of sp³-hybridized carbons (Fsp3) is 0.800. The molecule has 3 atom stereocenters. The molecule has 0 heterocycles. The van der Waals surface area contributed by atoms with Gasteiger partial charge >= 0.3 is 0 Å². The van der Waals surface area contributed by atoms with Gasteiger partial charge in [0.05, 0.1) is 0 Å². The van der Waals surface area contributed by atoms with Crippen molar-refractivity contribution in [1.29, 1.82) is 0 Å². The zero-order valence-electron chi connectivity index (χ0n) is 7.84. The van der Waals surface area contributed by atoms with Gasteiger partial charge in [-0.3, -0.25) is 9.59 Å². The minimum Gasteiger partial charge on any atom is -0.299 e. The third-order valence-electron chi connectivity index (χ3n) is 3.88. The Labute approximate surface area is 82.6 Å². The summed E-state index contributed by atoms with van der Waals surface area (Å²) in [7, 11) is 0. The maximum atomic E-state index is 11.6. The number of hydrogen-bond acceptors (Lipinski definition) is 2. The molecule has 2 bridgehead atoms. The lowest BCUT2D eigenvalue weighted by molar-refractivity contribution is -0.129. The van der Waals surface area contributed by atoms with Crippen LogP contribution in [-0.4, -0.2) is 11.0 Å². The molecular weight excluding hydrogens is 188 g/mol. The Morgan fingerprint density at radius 3 is 2.46 bits per heavy atom. The molecule has 0 amide bonds. The van der Waals surface area contributed by atoms with Gasteiger partial charge in [0.1, 0.15) is 5.78 Å². The van der Waals surface area contributed by atoms with E-state index in [4.69, 9.17) is 11.6 Å². The number of halogens is 1. The average Bonchev–Trinajstić information content (AvgIpc) is 2.36. The monoisotopic (exact) mass is 200 g/mol. The lowest BCUT2D eigenvalue weighted by Crippen LogP contribution is -2.28. The average molecular weight is 201 g/mol. The fourth-order valence-electron chi connectivity index (χ4n) is 3.10. The van der Waals surface area contributed by atoms with Gasteiger partial charge in [-0.05, 0) is 29.4 Å². The summed E-state index contributed by atoms with van der Waals surface area (Å²) in [5.74, 6) is 0.295. The summed E-state index contributed by atoms with van der Waals surface area (Å²) in [6, 6.07) is 0. The number of Topliss-reactive ketones (excluding diaryl/α,β-unsaturated/α-hetero) is 1. The minimum absolute atomic E-state index is 0.00764. The molecule has 2 aliphatic rings. The molecule has 0 aromatic rings. The first-order valence-electron chi connectivity index (χ1n) is 4.66. The second-order valence-electron chi connectivity index (χ2n) is 4.81. The molecule has 2 saturated carbocycles. The first-order chi connectivity index (χ1) is 5.94. The van der Waals surface area contributed by atoms with E-state index >= 15 is 0 Å². The first kappa shape index (κ1) is 9.20. The highest BCUT2D eigenvalue weighted by Gasteiger charge is 2.59. The summed E-state index contributed by atoms with van der Waals surface area (Å²) >= 11 is 5.48. The van der Waals surface area contributed by atoms with Crippen molar-refractivity contribution in [3.05, 3.63) is 0 Å². The van der Waals surface area contributed by atoms with E-state index in [9.17, 15) is 9.59 Å². The Morgan fingerprint density at radius 2 is 2.15 bits per heavy atom. The third-order valence-corrected chi connectivity index (χ3v) is 4.16. The summed E-state index contributed by atoms with van der Waals surface area (Å²) in [5, 5.41) is -0.325. The van der Waals surface area contributed by atoms with Gasteiger partial charge in [0, 0.05) is 18.3 Å². The highest BCUT2D eigenvalue weighted by molar-refractivity contribution is 6.64. The molecule has 0 aromatic carbocycles. The third kappa shape index (κ3) is 1.08. The Kier molecular flexibility index (Phi) is 1.82. The van der Waals surface area contributed by atoms with Crippen LogP contribution < -0.4 is 0 Å². The van der Waals surface area contributed by atoms with Crippen molar-refractivity contribution in [2.45, 2.75) is 26.7 Å². The van der Waals surface area contributed by atoms with Crippen molar-refractivity contribution in [3.8, 4) is 0 Å². The van der Waals surface area contributed by atoms with Crippen LogP contribution >= 0.6 is 11.6 Å². The summed E-state index contributed by atoms with van der Waals surface area (Å²) in [6.07, 6.45) is 1.46. The molecule has 0 N–H and O–H groups in total. The molecule has 13 heavy (non-hydrogen) atoms. The second-order valence-corrected chi connectivity index (χ2v) is 5.19. The van der Waals surface area contributed by atoms with Crippen molar-refractivity contribution in [1.82, 2.24) is 0 Å². The van der Waals surface area contributed by atoms with Gasteiger partial charge in [0.15, 0.2) is 0 Å². The van der Waals surface area contributed by atoms with Crippen LogP contribution in [0.4, 0.5) is 0 Å². The molecule has 2 aliphatic carbocycles. The van der Waals surface area contributed by atoms with Gasteiger partial charge in [0.2, 0.25) is 5.24 Å². The second kappa shape index (κ2) is 2.57. The normalized spacial score (nSPS) is 41.2. The standard InChI is InChI=1S/C10H13ClO2/c1-10(2)5-3-6(9(11)13)8(10)7(12)4-5/h5-6,8H,3-4H2,1-2H3. The van der Waals surface area contributed by atoms with Gasteiger partial charge in [0.25, 0.3) is 0 Å². The van der Waals surface area contributed by atoms with Crippen LogP contribution in [0.3, 0.4) is 0 Å². The molecule has 2 fully saturated rings. The SMILES string of the molecule is CC1(C)C2CC(=O)C1C(C(=O)Cl)C2. The number of carbonyl (C=O) groups excluding carboxylic acids is 2. The van der Waals surface area contributed by atoms with Crippen LogP contribution in [0.5, 0.6) is 0 Å². The molecule has 0 saturated heterocycles. The van der Waals surface area contributed by atoms with E-state index in [0.717, 1.165) is 6.42 Å². The molecular formula is C10H13ClO2. The molecule has 0 spiro atoms. The van der Waals surface area contributed by atoms with E-state index in [1.54, 1.807) is 0 Å². The molecule has 2 nitrogen and oxygen atoms in total. The van der Waals surface area contributed by atoms with E-state index in [-0.39, 0.29) is 28.3 Å². The predicted molar refractivity (Wildman–Crippen MR) is 49.4 cm³/mol. The van der Waals surface area contributed by atoms with E-state index in [1.807, 2.05) is 0 Å². The Hall–Kier alpha value is -0.370. The molecule has 0 aliphatic heterocycles. The molecule has 3 unspecified atom stereocenters. The van der Waals surface area contributed by atoms with E-state index in [1.165, 1.54) is 0 Å². The summed E-state index contributed by atoms with van der Waals surface area (Å²) < 4.78 is 0. The zero-order chi connectivity index (χ0) is 9.80. The molecule has 2 rings (SSSR count). The number of rotatable bonds is 1. The first-order valence-corrected chi connectivity index (χ1v) is 5.04. The van der Waals surface area contributed by atoms with E-state index in [2.05, 4.69) is 13.8 Å². The number of fused-ring (bicyclic) bond motifs is 2. The number of carbonyl (C=O) groups is 2. The van der Waals surface area contributed by atoms with E-state index in [0.29, 0.717) is 12.3 Å². The molecule has 0 radical (unpaired) electrons. The zero-order valence-corrected chi connectivity index (χ0v) is 8.60. The van der Waals surface area contributed by atoms with Crippen LogP contribution in [0.1, 0.15) is 26.7 Å². The van der Waals surface area contributed by atoms with Crippen molar-refractivity contribution < 1.29 is 9.59 Å². The van der Waals surface area contributed by atoms with Crippen LogP contribution in [0.15, 0.2) is 0 Å². The number of ketones is 1. The van der Waals surface area contributed by atoms with E-state index < -0.39 is 0 Å². The molecule has 3 heteroatoms. The summed E-state index contributed by atoms with van der Waals surface area (Å²) in [4.78, 5) is 22.6. The van der Waals surface area contributed by atoms with Crippen molar-refractivity contribution >= 4 is 22.6 Å². The van der Waals surface area contributed by atoms with Crippen LogP contribution in [0, 0.1) is 23.2 Å². The maximum Gasteiger partial charge on any atom is 0.225 e. The van der Waals surface area contributed by atoms with Gasteiger partial charge < -0.3 is 0 Å². The Balaban J connectivity index is 2.35. The van der Waals surface area contributed by atoms with Gasteiger partial charge in [-0.15, -0.1) is 0 Å². The van der Waals surface area contributed by atoms with Crippen molar-refractivity contribution in [2.75, 3.05) is 0 Å². The lowest BCUT2D eigenvalue weighted by atomic mass is 9.80. The highest BCUT2D eigenvalue weighted by Crippen LogP contribution is 2.58. The number of hydrogen-bond donors (Lipinski definition) is 0. The smallest absolute Gasteiger partial charge is 0.225 e. The fourth-order valence-corrected chi connectivity index (χ4v) is 3.31. The minimum atomic E-state index is -0.325. The lowest BCUT2D eigenvalue weighted by Gasteiger charge is -2.23. The Morgan fingerprint density at radius 1 is 1.54 bits per heavy atom.